The molecule has 0 spiro atoms. The summed E-state index contributed by atoms with van der Waals surface area (Å²) < 4.78 is 12.9. The first-order chi connectivity index (χ1) is 17.0. The Balaban J connectivity index is 1.72. The zero-order chi connectivity index (χ0) is 25.0. The SMILES string of the molecule is C/C=C/OC(/C=C/CCO[Si](c1ccccc1)(c1ccccc1)C(C)(C)C)CCc1ccccc1. The van der Waals surface area contributed by atoms with Gasteiger partial charge in [-0.15, -0.1) is 0 Å². The maximum atomic E-state index is 6.99. The van der Waals surface area contributed by atoms with Crippen LogP contribution in [-0.2, 0) is 15.6 Å². The van der Waals surface area contributed by atoms with Gasteiger partial charge in [0, 0.05) is 6.61 Å². The Morgan fingerprint density at radius 2 is 1.34 bits per heavy atom. The molecule has 3 aromatic rings. The van der Waals surface area contributed by atoms with Gasteiger partial charge in [-0.05, 0) is 53.2 Å². The Bertz CT molecular complexity index is 998. The zero-order valence-corrected chi connectivity index (χ0v) is 22.7. The van der Waals surface area contributed by atoms with E-state index in [1.165, 1.54) is 15.9 Å². The van der Waals surface area contributed by atoms with Gasteiger partial charge in [0.25, 0.3) is 8.32 Å². The monoisotopic (exact) mass is 484 g/mol. The maximum Gasteiger partial charge on any atom is 0.261 e. The molecule has 2 nitrogen and oxygen atoms in total. The van der Waals surface area contributed by atoms with Crippen molar-refractivity contribution in [2.24, 2.45) is 0 Å². The van der Waals surface area contributed by atoms with E-state index in [1.807, 2.05) is 13.0 Å². The summed E-state index contributed by atoms with van der Waals surface area (Å²) in [4.78, 5) is 0. The van der Waals surface area contributed by atoms with Crippen molar-refractivity contribution in [3.8, 4) is 0 Å². The van der Waals surface area contributed by atoms with Gasteiger partial charge >= 0.3 is 0 Å². The Hall–Kier alpha value is -2.88. The van der Waals surface area contributed by atoms with Crippen LogP contribution < -0.4 is 10.4 Å². The lowest BCUT2D eigenvalue weighted by Crippen LogP contribution is -2.66. The fourth-order valence-electron chi connectivity index (χ4n) is 4.63. The van der Waals surface area contributed by atoms with E-state index in [9.17, 15) is 0 Å². The molecular weight excluding hydrogens is 444 g/mol. The van der Waals surface area contributed by atoms with Crippen molar-refractivity contribution < 1.29 is 9.16 Å². The van der Waals surface area contributed by atoms with Crippen LogP contribution in [0.3, 0.4) is 0 Å². The lowest BCUT2D eigenvalue weighted by Gasteiger charge is -2.43. The highest BCUT2D eigenvalue weighted by Crippen LogP contribution is 2.36. The Labute approximate surface area is 213 Å². The van der Waals surface area contributed by atoms with Gasteiger partial charge in [-0.1, -0.05) is 124 Å². The fraction of sp³-hybridized carbons (Fsp3) is 0.312. The van der Waals surface area contributed by atoms with E-state index in [-0.39, 0.29) is 11.1 Å². The first-order valence-electron chi connectivity index (χ1n) is 12.7. The summed E-state index contributed by atoms with van der Waals surface area (Å²) in [6, 6.07) is 32.2. The summed E-state index contributed by atoms with van der Waals surface area (Å²) in [7, 11) is -2.48. The van der Waals surface area contributed by atoms with Crippen LogP contribution in [0.4, 0.5) is 0 Å². The molecular formula is C32H40O2Si. The zero-order valence-electron chi connectivity index (χ0n) is 21.7. The molecule has 0 bridgehead atoms. The minimum Gasteiger partial charge on any atom is -0.494 e. The topological polar surface area (TPSA) is 18.5 Å². The summed E-state index contributed by atoms with van der Waals surface area (Å²) in [5, 5.41) is 2.63. The van der Waals surface area contributed by atoms with Crippen LogP contribution in [0.2, 0.25) is 5.04 Å². The van der Waals surface area contributed by atoms with Crippen molar-refractivity contribution in [2.45, 2.75) is 58.1 Å². The number of benzene rings is 3. The third-order valence-corrected chi connectivity index (χ3v) is 11.4. The fourth-order valence-corrected chi connectivity index (χ4v) is 9.21. The molecule has 0 aliphatic carbocycles. The second-order valence-corrected chi connectivity index (χ2v) is 14.2. The van der Waals surface area contributed by atoms with Crippen LogP contribution in [0, 0.1) is 0 Å². The number of rotatable bonds is 12. The molecule has 0 radical (unpaired) electrons. The van der Waals surface area contributed by atoms with E-state index in [0.717, 1.165) is 19.3 Å². The van der Waals surface area contributed by atoms with Crippen LogP contribution in [0.25, 0.3) is 0 Å². The molecule has 0 N–H and O–H groups in total. The van der Waals surface area contributed by atoms with Crippen LogP contribution >= 0.6 is 0 Å². The van der Waals surface area contributed by atoms with Gasteiger partial charge in [0.15, 0.2) is 0 Å². The van der Waals surface area contributed by atoms with Crippen LogP contribution in [-0.4, -0.2) is 21.0 Å². The van der Waals surface area contributed by atoms with Gasteiger partial charge in [0.2, 0.25) is 0 Å². The highest BCUT2D eigenvalue weighted by atomic mass is 28.4. The van der Waals surface area contributed by atoms with Crippen molar-refractivity contribution in [3.63, 3.8) is 0 Å². The third-order valence-electron chi connectivity index (χ3n) is 6.32. The van der Waals surface area contributed by atoms with E-state index in [2.05, 4.69) is 124 Å². The van der Waals surface area contributed by atoms with Gasteiger partial charge < -0.3 is 9.16 Å². The van der Waals surface area contributed by atoms with Crippen molar-refractivity contribution in [3.05, 3.63) is 121 Å². The van der Waals surface area contributed by atoms with Crippen LogP contribution in [0.1, 0.15) is 46.1 Å². The second-order valence-electron chi connectivity index (χ2n) is 9.90. The van der Waals surface area contributed by atoms with Crippen molar-refractivity contribution in [2.75, 3.05) is 6.61 Å². The van der Waals surface area contributed by atoms with Crippen LogP contribution in [0.5, 0.6) is 0 Å². The van der Waals surface area contributed by atoms with E-state index < -0.39 is 8.32 Å². The number of aryl methyl sites for hydroxylation is 1. The molecule has 0 fully saturated rings. The van der Waals surface area contributed by atoms with Crippen LogP contribution in [0.15, 0.2) is 115 Å². The number of allylic oxidation sites excluding steroid dienone is 1. The minimum atomic E-state index is -2.48. The molecule has 1 unspecified atom stereocenters. The maximum absolute atomic E-state index is 6.99. The number of hydrogen-bond donors (Lipinski definition) is 0. The summed E-state index contributed by atoms with van der Waals surface area (Å²) in [6.07, 6.45) is 11.0. The molecule has 0 aliphatic rings. The van der Waals surface area contributed by atoms with Gasteiger partial charge in [-0.25, -0.2) is 0 Å². The predicted octanol–water partition coefficient (Wildman–Crippen LogP) is 7.06. The van der Waals surface area contributed by atoms with Crippen molar-refractivity contribution >= 4 is 18.7 Å². The molecule has 184 valence electrons. The quantitative estimate of drug-likeness (QED) is 0.119. The summed E-state index contributed by atoms with van der Waals surface area (Å²) in [5.41, 5.74) is 1.34. The minimum absolute atomic E-state index is 0.00727. The molecule has 0 saturated heterocycles. The molecule has 0 saturated carbocycles. The first-order valence-corrected chi connectivity index (χ1v) is 14.6. The molecule has 0 heterocycles. The summed E-state index contributed by atoms with van der Waals surface area (Å²) in [5.74, 6) is 0. The highest BCUT2D eigenvalue weighted by Gasteiger charge is 2.49. The van der Waals surface area contributed by atoms with Crippen molar-refractivity contribution in [1.82, 2.24) is 0 Å². The van der Waals surface area contributed by atoms with E-state index >= 15 is 0 Å². The van der Waals surface area contributed by atoms with Gasteiger partial charge in [-0.3, -0.25) is 0 Å². The molecule has 35 heavy (non-hydrogen) atoms. The summed E-state index contributed by atoms with van der Waals surface area (Å²) >= 11 is 0. The molecule has 3 heteroatoms. The molecule has 1 atom stereocenters. The molecule has 0 amide bonds. The smallest absolute Gasteiger partial charge is 0.261 e. The molecule has 0 aliphatic heterocycles. The Morgan fingerprint density at radius 3 is 1.86 bits per heavy atom. The van der Waals surface area contributed by atoms with E-state index in [0.29, 0.717) is 6.61 Å². The van der Waals surface area contributed by atoms with Gasteiger partial charge in [0.1, 0.15) is 6.10 Å². The lowest BCUT2D eigenvalue weighted by atomic mass is 10.1. The Kier molecular flexibility index (Phi) is 10.1. The second kappa shape index (κ2) is 13.3. The largest absolute Gasteiger partial charge is 0.494 e. The first kappa shape index (κ1) is 26.7. The average Bonchev–Trinajstić information content (AvgIpc) is 2.88. The lowest BCUT2D eigenvalue weighted by molar-refractivity contribution is 0.177. The van der Waals surface area contributed by atoms with E-state index in [4.69, 9.17) is 9.16 Å². The standard InChI is InChI=1S/C32H40O2Si/c1-5-26-33-29(25-24-28-17-9-6-10-18-28)19-15-16-27-34-35(32(2,3)4,30-20-11-7-12-21-30)31-22-13-8-14-23-31/h5-15,17-23,26,29H,16,24-25,27H2,1-4H3/b19-15+,26-5+. The molecule has 3 aromatic carbocycles. The number of ether oxygens (including phenoxy) is 1. The number of hydrogen-bond acceptors (Lipinski definition) is 2. The Morgan fingerprint density at radius 1 is 0.800 bits per heavy atom. The van der Waals surface area contributed by atoms with Gasteiger partial charge in [-0.2, -0.15) is 0 Å². The van der Waals surface area contributed by atoms with E-state index in [1.54, 1.807) is 6.26 Å². The third kappa shape index (κ3) is 7.30. The molecule has 0 aromatic heterocycles. The van der Waals surface area contributed by atoms with Crippen molar-refractivity contribution in [1.29, 1.82) is 0 Å². The molecule has 3 rings (SSSR count). The summed E-state index contributed by atoms with van der Waals surface area (Å²) in [6.45, 7) is 9.62. The average molecular weight is 485 g/mol. The normalized spacial score (nSPS) is 13.4. The predicted molar refractivity (Wildman–Crippen MR) is 152 cm³/mol. The highest BCUT2D eigenvalue weighted by molar-refractivity contribution is 6.99. The van der Waals surface area contributed by atoms with Gasteiger partial charge in [0.05, 0.1) is 6.26 Å².